The summed E-state index contributed by atoms with van der Waals surface area (Å²) in [7, 11) is 0. The maximum Gasteiger partial charge on any atom is 0.310 e. The third-order valence-electron chi connectivity index (χ3n) is 15.3. The van der Waals surface area contributed by atoms with Crippen LogP contribution >= 0.6 is 0 Å². The summed E-state index contributed by atoms with van der Waals surface area (Å²) in [5.74, 6) is 2.54. The predicted octanol–water partition coefficient (Wildman–Crippen LogP) is 14.2. The average molecular weight is 817 g/mol. The Labute approximate surface area is 360 Å². The minimum atomic E-state index is -0.888. The molecule has 0 aromatic heterocycles. The molecule has 2 aliphatic rings. The number of carboxylic acids is 2. The summed E-state index contributed by atoms with van der Waals surface area (Å²) >= 11 is 0. The van der Waals surface area contributed by atoms with Crippen LogP contribution in [0.25, 0.3) is 0 Å². The normalized spacial score (nSPS) is 31.9. The predicted molar refractivity (Wildman–Crippen MR) is 248 cm³/mol. The van der Waals surface area contributed by atoms with E-state index in [-0.39, 0.29) is 52.2 Å². The number of carbonyl (C=O) groups is 2. The molecule has 0 amide bonds. The van der Waals surface area contributed by atoms with Crippen molar-refractivity contribution < 1.29 is 19.8 Å². The van der Waals surface area contributed by atoms with Gasteiger partial charge in [0, 0.05) is 28.6 Å². The molecule has 0 bridgehead atoms. The smallest absolute Gasteiger partial charge is 0.310 e. The van der Waals surface area contributed by atoms with Gasteiger partial charge >= 0.3 is 11.9 Å². The van der Waals surface area contributed by atoms with Gasteiger partial charge in [-0.2, -0.15) is 0 Å². The molecule has 2 heterocycles. The van der Waals surface area contributed by atoms with Crippen molar-refractivity contribution >= 4 is 11.9 Å². The SMILES string of the molecule is CC(C)CCC1(C)CC(C(CCCCCCCC(=O)O)(C(=O)O)C2CC(C)(CCC(C)C)NC(C)(CCC(C)C)C2CC(C)C)C(CC(C)C)C(C)(CCC(C)C)N1. The van der Waals surface area contributed by atoms with Crippen molar-refractivity contribution in [2.75, 3.05) is 0 Å². The van der Waals surface area contributed by atoms with Crippen LogP contribution in [0, 0.1) is 64.6 Å². The van der Waals surface area contributed by atoms with Crippen LogP contribution in [0.4, 0.5) is 0 Å². The van der Waals surface area contributed by atoms with Crippen LogP contribution < -0.4 is 10.6 Å². The summed E-state index contributed by atoms with van der Waals surface area (Å²) < 4.78 is 0. The molecule has 342 valence electrons. The lowest BCUT2D eigenvalue weighted by atomic mass is 9.45. The fraction of sp³-hybridized carbons (Fsp3) is 0.962. The van der Waals surface area contributed by atoms with Gasteiger partial charge in [0.15, 0.2) is 0 Å². The Morgan fingerprint density at radius 1 is 0.534 bits per heavy atom. The molecule has 6 heteroatoms. The number of aliphatic carboxylic acids is 2. The van der Waals surface area contributed by atoms with Crippen LogP contribution in [0.2, 0.25) is 0 Å². The fourth-order valence-electron chi connectivity index (χ4n) is 12.3. The Balaban J connectivity index is 3.08. The Morgan fingerprint density at radius 2 is 0.879 bits per heavy atom. The molecule has 6 nitrogen and oxygen atoms in total. The van der Waals surface area contributed by atoms with Crippen molar-refractivity contribution in [2.45, 2.75) is 255 Å². The summed E-state index contributed by atoms with van der Waals surface area (Å²) in [4.78, 5) is 26.7. The molecule has 0 aromatic rings. The molecular weight excluding hydrogens is 717 g/mol. The second-order valence-electron chi connectivity index (χ2n) is 24.0. The summed E-state index contributed by atoms with van der Waals surface area (Å²) in [5, 5.41) is 30.7. The fourth-order valence-corrected chi connectivity index (χ4v) is 12.3. The van der Waals surface area contributed by atoms with Crippen molar-refractivity contribution in [2.24, 2.45) is 64.6 Å². The monoisotopic (exact) mass is 817 g/mol. The van der Waals surface area contributed by atoms with Gasteiger partial charge in [-0.3, -0.25) is 9.59 Å². The standard InChI is InChI=1S/C52H100N2O4/c1-36(2)23-28-48(13)34-44(42(32-40(9)10)50(15,53-48)30-25-38(5)6)52(47(57)58,27-21-19-17-18-20-22-46(55)56)45-35-49(14,29-24-37(3)4)54-51(16,31-26-39(7)8)43(45)33-41(11)12/h36-45,53-54H,17-35H2,1-16H3,(H,55,56)(H,57,58). The van der Waals surface area contributed by atoms with Crippen LogP contribution in [0.1, 0.15) is 233 Å². The molecule has 0 spiro atoms. The quantitative estimate of drug-likeness (QED) is 0.0617. The molecular formula is C52H100N2O4. The number of piperidine rings is 2. The summed E-state index contributed by atoms with van der Waals surface area (Å²) in [6, 6.07) is 0. The lowest BCUT2D eigenvalue weighted by molar-refractivity contribution is -0.182. The van der Waals surface area contributed by atoms with E-state index < -0.39 is 17.4 Å². The molecule has 8 atom stereocenters. The van der Waals surface area contributed by atoms with Crippen LogP contribution in [0.5, 0.6) is 0 Å². The second kappa shape index (κ2) is 22.8. The average Bonchev–Trinajstić information content (AvgIpc) is 3.08. The highest BCUT2D eigenvalue weighted by Gasteiger charge is 2.65. The van der Waals surface area contributed by atoms with Gasteiger partial charge in [-0.1, -0.05) is 109 Å². The van der Waals surface area contributed by atoms with E-state index in [4.69, 9.17) is 0 Å². The number of carboxylic acid groups (broad SMARTS) is 2. The molecule has 0 saturated carbocycles. The van der Waals surface area contributed by atoms with Crippen molar-refractivity contribution in [1.82, 2.24) is 10.6 Å². The molecule has 2 rings (SSSR count). The molecule has 2 fully saturated rings. The topological polar surface area (TPSA) is 98.7 Å². The summed E-state index contributed by atoms with van der Waals surface area (Å²) in [6.07, 6.45) is 18.0. The van der Waals surface area contributed by atoms with Gasteiger partial charge in [-0.25, -0.2) is 0 Å². The maximum atomic E-state index is 15.3. The van der Waals surface area contributed by atoms with E-state index in [1.165, 1.54) is 0 Å². The number of nitrogens with one attached hydrogen (secondary N) is 2. The Morgan fingerprint density at radius 3 is 1.21 bits per heavy atom. The maximum absolute atomic E-state index is 15.3. The van der Waals surface area contributed by atoms with Gasteiger partial charge < -0.3 is 20.8 Å². The first-order valence-corrected chi connectivity index (χ1v) is 24.8. The molecule has 0 aliphatic carbocycles. The Kier molecular flexibility index (Phi) is 20.8. The second-order valence-corrected chi connectivity index (χ2v) is 24.0. The van der Waals surface area contributed by atoms with E-state index >= 15 is 4.79 Å². The largest absolute Gasteiger partial charge is 0.481 e. The first-order valence-electron chi connectivity index (χ1n) is 24.8. The Hall–Kier alpha value is -1.14. The van der Waals surface area contributed by atoms with Gasteiger partial charge in [-0.15, -0.1) is 0 Å². The van der Waals surface area contributed by atoms with E-state index in [0.717, 1.165) is 103 Å². The van der Waals surface area contributed by atoms with E-state index in [0.29, 0.717) is 48.3 Å². The van der Waals surface area contributed by atoms with Crippen LogP contribution in [0.3, 0.4) is 0 Å². The number of rotatable bonds is 27. The number of hydrogen-bond donors (Lipinski definition) is 4. The first-order chi connectivity index (χ1) is 26.7. The van der Waals surface area contributed by atoms with Crippen molar-refractivity contribution in [3.05, 3.63) is 0 Å². The number of hydrogen-bond acceptors (Lipinski definition) is 4. The molecule has 0 aromatic carbocycles. The van der Waals surface area contributed by atoms with E-state index in [1.54, 1.807) is 0 Å². The molecule has 2 saturated heterocycles. The lowest BCUT2D eigenvalue weighted by Crippen LogP contribution is -2.72. The van der Waals surface area contributed by atoms with Crippen molar-refractivity contribution in [3.63, 3.8) is 0 Å². The molecule has 0 radical (unpaired) electrons. The number of unbranched alkanes of at least 4 members (excludes halogenated alkanes) is 4. The van der Waals surface area contributed by atoms with Gasteiger partial charge in [-0.05, 0) is 177 Å². The molecule has 4 N–H and O–H groups in total. The van der Waals surface area contributed by atoms with Crippen LogP contribution in [-0.4, -0.2) is 44.3 Å². The highest BCUT2D eigenvalue weighted by atomic mass is 16.4. The summed E-state index contributed by atoms with van der Waals surface area (Å²) in [5.41, 5.74) is -1.56. The van der Waals surface area contributed by atoms with Crippen LogP contribution in [0.15, 0.2) is 0 Å². The van der Waals surface area contributed by atoms with E-state index in [2.05, 4.69) is 121 Å². The third-order valence-corrected chi connectivity index (χ3v) is 15.3. The first kappa shape index (κ1) is 53.0. The van der Waals surface area contributed by atoms with Crippen LogP contribution in [-0.2, 0) is 9.59 Å². The van der Waals surface area contributed by atoms with Gasteiger partial charge in [0.2, 0.25) is 0 Å². The zero-order chi connectivity index (χ0) is 44.3. The van der Waals surface area contributed by atoms with Gasteiger partial charge in [0.1, 0.15) is 0 Å². The highest BCUT2D eigenvalue weighted by molar-refractivity contribution is 5.76. The zero-order valence-corrected chi connectivity index (χ0v) is 41.4. The van der Waals surface area contributed by atoms with E-state index in [9.17, 15) is 15.0 Å². The minimum absolute atomic E-state index is 0.0384. The van der Waals surface area contributed by atoms with E-state index in [1.807, 2.05) is 0 Å². The van der Waals surface area contributed by atoms with Gasteiger partial charge in [0.05, 0.1) is 5.41 Å². The Bertz CT molecular complexity index is 1160. The highest BCUT2D eigenvalue weighted by Crippen LogP contribution is 2.62. The summed E-state index contributed by atoms with van der Waals surface area (Å²) in [6.45, 7) is 38.1. The molecule has 8 unspecified atom stereocenters. The van der Waals surface area contributed by atoms with Crippen molar-refractivity contribution in [1.29, 1.82) is 0 Å². The van der Waals surface area contributed by atoms with Crippen molar-refractivity contribution in [3.8, 4) is 0 Å². The lowest BCUT2D eigenvalue weighted by Gasteiger charge is -2.65. The third kappa shape index (κ3) is 15.3. The van der Waals surface area contributed by atoms with Gasteiger partial charge in [0.25, 0.3) is 0 Å². The molecule has 2 aliphatic heterocycles. The minimum Gasteiger partial charge on any atom is -0.481 e. The molecule has 58 heavy (non-hydrogen) atoms. The zero-order valence-electron chi connectivity index (χ0n) is 41.4.